The van der Waals surface area contributed by atoms with Crippen LogP contribution in [-0.4, -0.2) is 24.8 Å². The Balaban J connectivity index is 1.85. The van der Waals surface area contributed by atoms with Crippen molar-refractivity contribution in [1.29, 1.82) is 0 Å². The summed E-state index contributed by atoms with van der Waals surface area (Å²) in [5.41, 5.74) is 6.52. The average molecular weight is 371 g/mol. The Hall–Kier alpha value is -0.920. The van der Waals surface area contributed by atoms with Gasteiger partial charge in [0.2, 0.25) is 0 Å². The van der Waals surface area contributed by atoms with Crippen molar-refractivity contribution in [1.82, 2.24) is 5.32 Å². The number of hydrogen-bond acceptors (Lipinski definition) is 5. The number of aliphatic hydroxyl groups is 1. The lowest BCUT2D eigenvalue weighted by molar-refractivity contribution is 0.178. The predicted octanol–water partition coefficient (Wildman–Crippen LogP) is 2.67. The van der Waals surface area contributed by atoms with Crippen LogP contribution in [-0.2, 0) is 6.54 Å². The van der Waals surface area contributed by atoms with Crippen molar-refractivity contribution < 1.29 is 9.84 Å². The van der Waals surface area contributed by atoms with Crippen LogP contribution in [0.25, 0.3) is 0 Å². The van der Waals surface area contributed by atoms with Crippen LogP contribution in [0.1, 0.15) is 16.5 Å². The normalized spacial score (nSPS) is 12.3. The number of nitrogens with two attached hydrogens (primary N) is 1. The van der Waals surface area contributed by atoms with E-state index in [4.69, 9.17) is 10.5 Å². The van der Waals surface area contributed by atoms with Gasteiger partial charge < -0.3 is 20.9 Å². The van der Waals surface area contributed by atoms with Crippen LogP contribution in [0.5, 0.6) is 5.75 Å². The van der Waals surface area contributed by atoms with Crippen molar-refractivity contribution in [2.75, 3.05) is 19.7 Å². The van der Waals surface area contributed by atoms with Crippen LogP contribution in [0.15, 0.2) is 40.2 Å². The molecule has 0 radical (unpaired) electrons. The highest BCUT2D eigenvalue weighted by Gasteiger charge is 2.10. The maximum atomic E-state index is 10.1. The molecule has 0 fully saturated rings. The van der Waals surface area contributed by atoms with Crippen LogP contribution in [0.2, 0.25) is 0 Å². The first-order valence-corrected chi connectivity index (χ1v) is 8.41. The molecule has 0 aliphatic rings. The van der Waals surface area contributed by atoms with E-state index in [0.717, 1.165) is 20.7 Å². The zero-order chi connectivity index (χ0) is 15.1. The highest BCUT2D eigenvalue weighted by atomic mass is 79.9. The van der Waals surface area contributed by atoms with Crippen molar-refractivity contribution in [2.45, 2.75) is 12.6 Å². The maximum absolute atomic E-state index is 10.1. The van der Waals surface area contributed by atoms with Crippen LogP contribution in [0.4, 0.5) is 0 Å². The highest BCUT2D eigenvalue weighted by molar-refractivity contribution is 9.10. The molecule has 4 N–H and O–H groups in total. The molecule has 0 bridgehead atoms. The zero-order valence-corrected chi connectivity index (χ0v) is 14.0. The second kappa shape index (κ2) is 8.51. The topological polar surface area (TPSA) is 67.5 Å². The van der Waals surface area contributed by atoms with Gasteiger partial charge in [0, 0.05) is 39.9 Å². The van der Waals surface area contributed by atoms with Gasteiger partial charge >= 0.3 is 0 Å². The molecule has 2 aromatic rings. The van der Waals surface area contributed by atoms with E-state index in [1.165, 1.54) is 0 Å². The van der Waals surface area contributed by atoms with Crippen LogP contribution < -0.4 is 15.8 Å². The van der Waals surface area contributed by atoms with Gasteiger partial charge in [-0.25, -0.2) is 0 Å². The van der Waals surface area contributed by atoms with Crippen molar-refractivity contribution in [3.8, 4) is 5.75 Å². The fraction of sp³-hybridized carbons (Fsp3) is 0.333. The highest BCUT2D eigenvalue weighted by Crippen LogP contribution is 2.25. The number of aliphatic hydroxyl groups excluding tert-OH is 1. The average Bonchev–Trinajstić information content (AvgIpc) is 2.93. The van der Waals surface area contributed by atoms with E-state index in [9.17, 15) is 5.11 Å². The van der Waals surface area contributed by atoms with E-state index in [0.29, 0.717) is 26.2 Å². The Kier molecular flexibility index (Phi) is 6.66. The van der Waals surface area contributed by atoms with E-state index < -0.39 is 6.10 Å². The predicted molar refractivity (Wildman–Crippen MR) is 89.7 cm³/mol. The minimum Gasteiger partial charge on any atom is -0.492 e. The van der Waals surface area contributed by atoms with Gasteiger partial charge in [0.25, 0.3) is 0 Å². The fourth-order valence-corrected chi connectivity index (χ4v) is 3.34. The Bertz CT molecular complexity index is 562. The molecule has 0 aliphatic heterocycles. The molecule has 0 spiro atoms. The minimum absolute atomic E-state index is 0.494. The largest absolute Gasteiger partial charge is 0.492 e. The number of benzene rings is 1. The van der Waals surface area contributed by atoms with Gasteiger partial charge in [-0.05, 0) is 28.1 Å². The molecule has 2 rings (SSSR count). The molecule has 114 valence electrons. The molecule has 1 unspecified atom stereocenters. The Labute approximate surface area is 137 Å². The number of rotatable bonds is 8. The van der Waals surface area contributed by atoms with E-state index in [1.807, 2.05) is 35.7 Å². The molecule has 1 atom stereocenters. The Morgan fingerprint density at radius 1 is 1.38 bits per heavy atom. The second-order valence-corrected chi connectivity index (χ2v) is 6.42. The van der Waals surface area contributed by atoms with Gasteiger partial charge in [0.05, 0.1) is 0 Å². The second-order valence-electron chi connectivity index (χ2n) is 4.56. The van der Waals surface area contributed by atoms with Crippen molar-refractivity contribution >= 4 is 27.3 Å². The number of para-hydroxylation sites is 1. The van der Waals surface area contributed by atoms with Crippen molar-refractivity contribution in [3.63, 3.8) is 0 Å². The van der Waals surface area contributed by atoms with Gasteiger partial charge in [-0.2, -0.15) is 0 Å². The summed E-state index contributed by atoms with van der Waals surface area (Å²) < 4.78 is 6.60. The molecular weight excluding hydrogens is 352 g/mol. The van der Waals surface area contributed by atoms with E-state index in [2.05, 4.69) is 21.2 Å². The summed E-state index contributed by atoms with van der Waals surface area (Å²) in [5.74, 6) is 0.837. The van der Waals surface area contributed by atoms with Gasteiger partial charge in [0.1, 0.15) is 18.5 Å². The number of ether oxygens (including phenoxy) is 1. The van der Waals surface area contributed by atoms with Crippen molar-refractivity contribution in [3.05, 3.63) is 50.6 Å². The number of hydrogen-bond donors (Lipinski definition) is 3. The molecule has 6 heteroatoms. The number of nitrogens with one attached hydrogen (secondary N) is 1. The molecule has 1 heterocycles. The fourth-order valence-electron chi connectivity index (χ4n) is 1.91. The molecular formula is C15H19BrN2O2S. The molecule has 0 amide bonds. The van der Waals surface area contributed by atoms with Gasteiger partial charge in [-0.1, -0.05) is 18.2 Å². The maximum Gasteiger partial charge on any atom is 0.123 e. The van der Waals surface area contributed by atoms with Crippen LogP contribution in [0, 0.1) is 0 Å². The third-order valence-corrected chi connectivity index (χ3v) is 4.71. The smallest absolute Gasteiger partial charge is 0.123 e. The summed E-state index contributed by atoms with van der Waals surface area (Å²) in [6.45, 7) is 2.14. The first kappa shape index (κ1) is 16.5. The Morgan fingerprint density at radius 2 is 2.19 bits per heavy atom. The minimum atomic E-state index is -0.501. The van der Waals surface area contributed by atoms with E-state index in [1.54, 1.807) is 11.3 Å². The first-order chi connectivity index (χ1) is 10.2. The molecule has 1 aromatic carbocycles. The molecule has 0 saturated heterocycles. The van der Waals surface area contributed by atoms with E-state index >= 15 is 0 Å². The molecule has 1 aromatic heterocycles. The third-order valence-electron chi connectivity index (χ3n) is 2.92. The summed E-state index contributed by atoms with van der Waals surface area (Å²) in [4.78, 5) is 0.946. The van der Waals surface area contributed by atoms with Gasteiger partial charge in [-0.15, -0.1) is 11.3 Å². The lowest BCUT2D eigenvalue weighted by Crippen LogP contribution is -2.21. The lowest BCUT2D eigenvalue weighted by Gasteiger charge is -2.13. The summed E-state index contributed by atoms with van der Waals surface area (Å²) in [7, 11) is 0. The molecule has 0 saturated carbocycles. The van der Waals surface area contributed by atoms with Crippen LogP contribution >= 0.6 is 27.3 Å². The monoisotopic (exact) mass is 370 g/mol. The zero-order valence-electron chi connectivity index (χ0n) is 11.6. The summed E-state index contributed by atoms with van der Waals surface area (Å²) >= 11 is 4.93. The lowest BCUT2D eigenvalue weighted by atomic mass is 10.2. The quantitative estimate of drug-likeness (QED) is 0.668. The van der Waals surface area contributed by atoms with Gasteiger partial charge in [-0.3, -0.25) is 0 Å². The van der Waals surface area contributed by atoms with Gasteiger partial charge in [0.15, 0.2) is 0 Å². The van der Waals surface area contributed by atoms with Crippen molar-refractivity contribution in [2.24, 2.45) is 5.73 Å². The number of thiophene rings is 1. The number of halogens is 1. The SMILES string of the molecule is NCCOc1ccccc1CNCC(O)c1cc(Br)cs1. The third kappa shape index (κ3) is 5.09. The summed E-state index contributed by atoms with van der Waals surface area (Å²) in [6.07, 6.45) is -0.501. The summed E-state index contributed by atoms with van der Waals surface area (Å²) in [5, 5.41) is 15.3. The molecule has 0 aliphatic carbocycles. The first-order valence-electron chi connectivity index (χ1n) is 6.74. The Morgan fingerprint density at radius 3 is 2.90 bits per heavy atom. The van der Waals surface area contributed by atoms with Crippen LogP contribution in [0.3, 0.4) is 0 Å². The molecule has 21 heavy (non-hydrogen) atoms. The molecule has 4 nitrogen and oxygen atoms in total. The summed E-state index contributed by atoms with van der Waals surface area (Å²) in [6, 6.07) is 9.79. The standard InChI is InChI=1S/C15H19BrN2O2S/c16-12-7-15(21-10-12)13(19)9-18-8-11-3-1-2-4-14(11)20-6-5-17/h1-4,7,10,13,18-19H,5-6,8-9,17H2. The van der Waals surface area contributed by atoms with E-state index in [-0.39, 0.29) is 0 Å².